The lowest BCUT2D eigenvalue weighted by molar-refractivity contribution is 1.18. The van der Waals surface area contributed by atoms with Crippen molar-refractivity contribution < 1.29 is 0 Å². The number of nitrogens with zero attached hydrogens (tertiary/aromatic N) is 2. The minimum absolute atomic E-state index is 1.06. The molecule has 0 atom stereocenters. The summed E-state index contributed by atoms with van der Waals surface area (Å²) >= 11 is 0. The van der Waals surface area contributed by atoms with E-state index in [1.165, 1.54) is 55.2 Å². The van der Waals surface area contributed by atoms with Gasteiger partial charge < -0.3 is 9.47 Å². The van der Waals surface area contributed by atoms with Crippen LogP contribution in [0.1, 0.15) is 0 Å². The lowest BCUT2D eigenvalue weighted by Gasteiger charge is -2.31. The molecule has 0 saturated carbocycles. The molecule has 0 fully saturated rings. The fourth-order valence-corrected chi connectivity index (χ4v) is 10.1. The van der Waals surface area contributed by atoms with Gasteiger partial charge in [-0.15, -0.1) is 0 Å². The Morgan fingerprint density at radius 2 is 0.632 bits per heavy atom. The Labute approximate surface area is 397 Å². The Morgan fingerprint density at radius 3 is 1.28 bits per heavy atom. The predicted octanol–water partition coefficient (Wildman–Crippen LogP) is 18.3. The first kappa shape index (κ1) is 40.5. The van der Waals surface area contributed by atoms with Crippen LogP contribution in [-0.4, -0.2) is 4.57 Å². The lowest BCUT2D eigenvalue weighted by Crippen LogP contribution is -2.13. The van der Waals surface area contributed by atoms with E-state index in [4.69, 9.17) is 0 Å². The van der Waals surface area contributed by atoms with Crippen molar-refractivity contribution in [3.8, 4) is 72.4 Å². The average Bonchev–Trinajstić information content (AvgIpc) is 3.76. The molecule has 68 heavy (non-hydrogen) atoms. The zero-order valence-corrected chi connectivity index (χ0v) is 37.5. The quantitative estimate of drug-likeness (QED) is 0.133. The van der Waals surface area contributed by atoms with Gasteiger partial charge in [-0.2, -0.15) is 0 Å². The van der Waals surface area contributed by atoms with Gasteiger partial charge in [0.1, 0.15) is 0 Å². The van der Waals surface area contributed by atoms with E-state index in [1.54, 1.807) is 0 Å². The molecule has 0 aliphatic rings. The van der Waals surface area contributed by atoms with Crippen LogP contribution >= 0.6 is 0 Å². The van der Waals surface area contributed by atoms with Crippen molar-refractivity contribution in [2.24, 2.45) is 0 Å². The highest BCUT2D eigenvalue weighted by Crippen LogP contribution is 2.50. The molecule has 0 unspecified atom stereocenters. The fourth-order valence-electron chi connectivity index (χ4n) is 10.1. The molecule has 0 amide bonds. The van der Waals surface area contributed by atoms with Crippen molar-refractivity contribution in [3.05, 3.63) is 279 Å². The summed E-state index contributed by atoms with van der Waals surface area (Å²) in [5, 5.41) is 2.50. The average molecular weight is 867 g/mol. The van der Waals surface area contributed by atoms with Gasteiger partial charge in [0.2, 0.25) is 0 Å². The smallest absolute Gasteiger partial charge is 0.0546 e. The minimum Gasteiger partial charge on any atom is -0.309 e. The molecule has 12 aromatic rings. The molecule has 1 heterocycles. The largest absolute Gasteiger partial charge is 0.309 e. The van der Waals surface area contributed by atoms with Crippen LogP contribution in [0.4, 0.5) is 17.1 Å². The second-order valence-corrected chi connectivity index (χ2v) is 17.2. The summed E-state index contributed by atoms with van der Waals surface area (Å²) in [7, 11) is 0. The summed E-state index contributed by atoms with van der Waals surface area (Å²) in [5.41, 5.74) is 20.8. The molecular formula is C66H46N2. The van der Waals surface area contributed by atoms with Crippen molar-refractivity contribution in [1.82, 2.24) is 4.57 Å². The molecule has 0 saturated heterocycles. The first-order chi connectivity index (χ1) is 33.8. The summed E-state index contributed by atoms with van der Waals surface area (Å²) in [6, 6.07) is 101. The molecule has 0 N–H and O–H groups in total. The van der Waals surface area contributed by atoms with E-state index >= 15 is 0 Å². The highest BCUT2D eigenvalue weighted by Gasteiger charge is 2.25. The maximum atomic E-state index is 2.48. The van der Waals surface area contributed by atoms with E-state index in [2.05, 4.69) is 289 Å². The summed E-state index contributed by atoms with van der Waals surface area (Å²) in [6.45, 7) is 0. The first-order valence-corrected chi connectivity index (χ1v) is 23.3. The highest BCUT2D eigenvalue weighted by molar-refractivity contribution is 6.10. The summed E-state index contributed by atoms with van der Waals surface area (Å²) in [6.07, 6.45) is 0. The van der Waals surface area contributed by atoms with E-state index in [0.717, 1.165) is 56.1 Å². The van der Waals surface area contributed by atoms with E-state index in [1.807, 2.05) is 0 Å². The Bertz CT molecular complexity index is 3650. The molecule has 12 rings (SSSR count). The molecule has 0 aliphatic carbocycles. The zero-order valence-electron chi connectivity index (χ0n) is 37.5. The van der Waals surface area contributed by atoms with Gasteiger partial charge in [-0.25, -0.2) is 0 Å². The molecule has 320 valence electrons. The summed E-state index contributed by atoms with van der Waals surface area (Å²) in [4.78, 5) is 2.48. The zero-order chi connectivity index (χ0) is 45.2. The Hall–Kier alpha value is -8.98. The summed E-state index contributed by atoms with van der Waals surface area (Å²) in [5.74, 6) is 0. The molecule has 0 radical (unpaired) electrons. The predicted molar refractivity (Wildman–Crippen MR) is 288 cm³/mol. The van der Waals surface area contributed by atoms with E-state index < -0.39 is 0 Å². The van der Waals surface area contributed by atoms with E-state index in [0.29, 0.717) is 0 Å². The standard InChI is InChI=1S/C66H46N2/c1-4-21-47(22-5-1)48-39-41-51(42-40-48)55-28-12-16-34-61(55)67(65-38-20-33-57(50-25-8-3-9-26-50)66(65)60-32-11-10-27-54(60)49-23-6-2-7-24-49)53-45-43-52(44-46-53)56-29-13-17-35-62(56)68-63-36-18-14-30-58(63)59-31-15-19-37-64(59)68/h1-46H. The second kappa shape index (κ2) is 17.8. The van der Waals surface area contributed by atoms with Gasteiger partial charge in [0.25, 0.3) is 0 Å². The maximum absolute atomic E-state index is 2.48. The van der Waals surface area contributed by atoms with Crippen LogP contribution < -0.4 is 4.90 Å². The highest BCUT2D eigenvalue weighted by atomic mass is 15.1. The number of hydrogen-bond acceptors (Lipinski definition) is 1. The van der Waals surface area contributed by atoms with Gasteiger partial charge in [-0.3, -0.25) is 0 Å². The van der Waals surface area contributed by atoms with Crippen LogP contribution in [0, 0.1) is 0 Å². The van der Waals surface area contributed by atoms with Gasteiger partial charge in [-0.1, -0.05) is 237 Å². The number of rotatable bonds is 10. The third kappa shape index (κ3) is 7.35. The number of anilines is 3. The molecule has 2 nitrogen and oxygen atoms in total. The van der Waals surface area contributed by atoms with Crippen molar-refractivity contribution >= 4 is 38.9 Å². The van der Waals surface area contributed by atoms with Crippen LogP contribution in [0.25, 0.3) is 94.3 Å². The molecule has 0 spiro atoms. The third-order valence-corrected chi connectivity index (χ3v) is 13.3. The minimum atomic E-state index is 1.06. The van der Waals surface area contributed by atoms with Gasteiger partial charge in [0, 0.05) is 33.2 Å². The second-order valence-electron chi connectivity index (χ2n) is 17.2. The van der Waals surface area contributed by atoms with E-state index in [9.17, 15) is 0 Å². The van der Waals surface area contributed by atoms with Gasteiger partial charge in [-0.05, 0) is 92.5 Å². The Morgan fingerprint density at radius 1 is 0.235 bits per heavy atom. The van der Waals surface area contributed by atoms with E-state index in [-0.39, 0.29) is 0 Å². The molecule has 11 aromatic carbocycles. The molecule has 1 aromatic heterocycles. The van der Waals surface area contributed by atoms with Crippen LogP contribution in [0.15, 0.2) is 279 Å². The Balaban J connectivity index is 1.08. The van der Waals surface area contributed by atoms with Crippen molar-refractivity contribution in [2.45, 2.75) is 0 Å². The van der Waals surface area contributed by atoms with Crippen molar-refractivity contribution in [1.29, 1.82) is 0 Å². The fraction of sp³-hybridized carbons (Fsp3) is 0. The summed E-state index contributed by atoms with van der Waals surface area (Å²) < 4.78 is 2.42. The monoisotopic (exact) mass is 866 g/mol. The number of aromatic nitrogens is 1. The molecule has 2 heteroatoms. The lowest BCUT2D eigenvalue weighted by atomic mass is 9.87. The van der Waals surface area contributed by atoms with Crippen LogP contribution in [0.3, 0.4) is 0 Å². The van der Waals surface area contributed by atoms with Crippen molar-refractivity contribution in [2.75, 3.05) is 4.90 Å². The normalized spacial score (nSPS) is 11.2. The SMILES string of the molecule is c1ccc(-c2ccc(-c3ccccc3N(c3ccc(-c4ccccc4-n4c5ccccc5c5ccccc54)cc3)c3cccc(-c4ccccc4)c3-c3ccccc3-c3ccccc3)cc2)cc1. The molecule has 0 bridgehead atoms. The topological polar surface area (TPSA) is 8.17 Å². The Kier molecular flexibility index (Phi) is 10.6. The molecule has 0 aliphatic heterocycles. The third-order valence-electron chi connectivity index (χ3n) is 13.3. The van der Waals surface area contributed by atoms with Crippen LogP contribution in [0.2, 0.25) is 0 Å². The van der Waals surface area contributed by atoms with Crippen molar-refractivity contribution in [3.63, 3.8) is 0 Å². The van der Waals surface area contributed by atoms with Crippen LogP contribution in [0.5, 0.6) is 0 Å². The van der Waals surface area contributed by atoms with Gasteiger partial charge in [0.05, 0.1) is 28.1 Å². The first-order valence-electron chi connectivity index (χ1n) is 23.3. The van der Waals surface area contributed by atoms with Gasteiger partial charge >= 0.3 is 0 Å². The number of para-hydroxylation sites is 4. The molecular weight excluding hydrogens is 821 g/mol. The number of benzene rings is 11. The number of fused-ring (bicyclic) bond motifs is 3. The van der Waals surface area contributed by atoms with Crippen LogP contribution in [-0.2, 0) is 0 Å². The maximum Gasteiger partial charge on any atom is 0.0546 e. The number of hydrogen-bond donors (Lipinski definition) is 0. The van der Waals surface area contributed by atoms with Gasteiger partial charge in [0.15, 0.2) is 0 Å².